The zero-order valence-corrected chi connectivity index (χ0v) is 11.4. The SMILES string of the molecule is Cc1ccc(C(C)NC2CCCSC2)c(O)c1. The molecule has 1 heterocycles. The number of hydrogen-bond acceptors (Lipinski definition) is 3. The third kappa shape index (κ3) is 3.39. The van der Waals surface area contributed by atoms with Crippen LogP contribution in [0.5, 0.6) is 5.75 Å². The second kappa shape index (κ2) is 5.78. The molecule has 0 bridgehead atoms. The molecule has 1 aliphatic heterocycles. The van der Waals surface area contributed by atoms with E-state index in [9.17, 15) is 5.11 Å². The fourth-order valence-electron chi connectivity index (χ4n) is 2.34. The van der Waals surface area contributed by atoms with Crippen LogP contribution in [-0.4, -0.2) is 22.7 Å². The average molecular weight is 251 g/mol. The van der Waals surface area contributed by atoms with Gasteiger partial charge in [0, 0.05) is 23.4 Å². The number of nitrogens with one attached hydrogen (secondary N) is 1. The molecule has 94 valence electrons. The van der Waals surface area contributed by atoms with E-state index in [2.05, 4.69) is 18.3 Å². The summed E-state index contributed by atoms with van der Waals surface area (Å²) in [7, 11) is 0. The number of benzene rings is 1. The van der Waals surface area contributed by atoms with Gasteiger partial charge in [0.2, 0.25) is 0 Å². The van der Waals surface area contributed by atoms with Crippen molar-refractivity contribution in [1.82, 2.24) is 5.32 Å². The summed E-state index contributed by atoms with van der Waals surface area (Å²) in [6, 6.07) is 6.73. The number of rotatable bonds is 3. The van der Waals surface area contributed by atoms with Crippen LogP contribution in [0.4, 0.5) is 0 Å². The molecule has 2 nitrogen and oxygen atoms in total. The van der Waals surface area contributed by atoms with Crippen LogP contribution in [0, 0.1) is 6.92 Å². The number of aryl methyl sites for hydroxylation is 1. The Morgan fingerprint density at radius 3 is 2.94 bits per heavy atom. The van der Waals surface area contributed by atoms with E-state index in [1.165, 1.54) is 24.3 Å². The molecule has 1 aromatic rings. The van der Waals surface area contributed by atoms with E-state index in [0.29, 0.717) is 11.8 Å². The summed E-state index contributed by atoms with van der Waals surface area (Å²) in [5.74, 6) is 2.90. The Morgan fingerprint density at radius 2 is 2.29 bits per heavy atom. The summed E-state index contributed by atoms with van der Waals surface area (Å²) in [4.78, 5) is 0. The zero-order chi connectivity index (χ0) is 12.3. The molecule has 0 aliphatic carbocycles. The first-order valence-corrected chi connectivity index (χ1v) is 7.45. The third-order valence-electron chi connectivity index (χ3n) is 3.30. The summed E-state index contributed by atoms with van der Waals surface area (Å²) in [5, 5.41) is 13.6. The average Bonchev–Trinajstić information content (AvgIpc) is 2.30. The normalized spacial score (nSPS) is 22.4. The molecule has 0 radical (unpaired) electrons. The third-order valence-corrected chi connectivity index (χ3v) is 4.51. The van der Waals surface area contributed by atoms with Crippen LogP contribution in [0.25, 0.3) is 0 Å². The van der Waals surface area contributed by atoms with E-state index in [1.54, 1.807) is 0 Å². The van der Waals surface area contributed by atoms with Gasteiger partial charge in [-0.15, -0.1) is 0 Å². The predicted molar refractivity (Wildman–Crippen MR) is 74.7 cm³/mol. The molecule has 0 aromatic heterocycles. The molecule has 1 saturated heterocycles. The van der Waals surface area contributed by atoms with Crippen molar-refractivity contribution in [3.63, 3.8) is 0 Å². The van der Waals surface area contributed by atoms with Crippen molar-refractivity contribution in [3.8, 4) is 5.75 Å². The summed E-state index contributed by atoms with van der Waals surface area (Å²) < 4.78 is 0. The van der Waals surface area contributed by atoms with Gasteiger partial charge in [-0.05, 0) is 44.1 Å². The zero-order valence-electron chi connectivity index (χ0n) is 10.6. The molecule has 3 heteroatoms. The van der Waals surface area contributed by atoms with Gasteiger partial charge in [-0.1, -0.05) is 12.1 Å². The van der Waals surface area contributed by atoms with Crippen LogP contribution in [0.3, 0.4) is 0 Å². The number of aromatic hydroxyl groups is 1. The largest absolute Gasteiger partial charge is 0.508 e. The molecule has 2 unspecified atom stereocenters. The number of phenols is 1. The standard InChI is InChI=1S/C14H21NOS/c1-10-5-6-13(14(16)8-10)11(2)15-12-4-3-7-17-9-12/h5-6,8,11-12,15-16H,3-4,7,9H2,1-2H3. The molecular weight excluding hydrogens is 230 g/mol. The lowest BCUT2D eigenvalue weighted by atomic mass is 10.0. The van der Waals surface area contributed by atoms with E-state index in [4.69, 9.17) is 0 Å². The molecular formula is C14H21NOS. The molecule has 2 atom stereocenters. The first-order chi connectivity index (χ1) is 8.16. The summed E-state index contributed by atoms with van der Waals surface area (Å²) in [5.41, 5.74) is 2.11. The molecule has 2 rings (SSSR count). The van der Waals surface area contributed by atoms with Crippen LogP contribution in [0.1, 0.15) is 36.9 Å². The Morgan fingerprint density at radius 1 is 1.47 bits per heavy atom. The molecule has 0 spiro atoms. The van der Waals surface area contributed by atoms with Crippen LogP contribution in [-0.2, 0) is 0 Å². The first-order valence-electron chi connectivity index (χ1n) is 6.30. The Balaban J connectivity index is 2.00. The minimum absolute atomic E-state index is 0.222. The van der Waals surface area contributed by atoms with Gasteiger partial charge in [-0.3, -0.25) is 0 Å². The summed E-state index contributed by atoms with van der Waals surface area (Å²) in [6.07, 6.45) is 2.55. The van der Waals surface area contributed by atoms with E-state index >= 15 is 0 Å². The topological polar surface area (TPSA) is 32.3 Å². The van der Waals surface area contributed by atoms with Crippen LogP contribution in [0.15, 0.2) is 18.2 Å². The highest BCUT2D eigenvalue weighted by atomic mass is 32.2. The Hall–Kier alpha value is -0.670. The highest BCUT2D eigenvalue weighted by molar-refractivity contribution is 7.99. The van der Waals surface area contributed by atoms with Crippen LogP contribution in [0.2, 0.25) is 0 Å². The van der Waals surface area contributed by atoms with Gasteiger partial charge in [0.1, 0.15) is 5.75 Å². The molecule has 1 aliphatic rings. The fourth-order valence-corrected chi connectivity index (χ4v) is 3.42. The molecule has 2 N–H and O–H groups in total. The Bertz CT molecular complexity index is 374. The minimum Gasteiger partial charge on any atom is -0.508 e. The molecule has 17 heavy (non-hydrogen) atoms. The number of phenolic OH excluding ortho intramolecular Hbond substituents is 1. The highest BCUT2D eigenvalue weighted by Crippen LogP contribution is 2.27. The number of hydrogen-bond donors (Lipinski definition) is 2. The van der Waals surface area contributed by atoms with Crippen LogP contribution >= 0.6 is 11.8 Å². The maximum absolute atomic E-state index is 9.95. The highest BCUT2D eigenvalue weighted by Gasteiger charge is 2.18. The van der Waals surface area contributed by atoms with Crippen molar-refractivity contribution >= 4 is 11.8 Å². The lowest BCUT2D eigenvalue weighted by molar-refractivity contribution is 0.423. The Labute approximate surface area is 108 Å². The lowest BCUT2D eigenvalue weighted by Gasteiger charge is -2.27. The van der Waals surface area contributed by atoms with Crippen molar-refractivity contribution < 1.29 is 5.11 Å². The van der Waals surface area contributed by atoms with E-state index in [1.807, 2.05) is 30.8 Å². The maximum Gasteiger partial charge on any atom is 0.120 e. The fraction of sp³-hybridized carbons (Fsp3) is 0.571. The van der Waals surface area contributed by atoms with Crippen molar-refractivity contribution in [3.05, 3.63) is 29.3 Å². The van der Waals surface area contributed by atoms with Crippen molar-refractivity contribution in [2.45, 2.75) is 38.8 Å². The van der Waals surface area contributed by atoms with Gasteiger partial charge in [0.05, 0.1) is 0 Å². The van der Waals surface area contributed by atoms with Gasteiger partial charge in [0.15, 0.2) is 0 Å². The van der Waals surface area contributed by atoms with Gasteiger partial charge in [-0.2, -0.15) is 11.8 Å². The van der Waals surface area contributed by atoms with Crippen molar-refractivity contribution in [2.24, 2.45) is 0 Å². The smallest absolute Gasteiger partial charge is 0.120 e. The first kappa shape index (κ1) is 12.8. The summed E-state index contributed by atoms with van der Waals surface area (Å²) >= 11 is 2.02. The lowest BCUT2D eigenvalue weighted by Crippen LogP contribution is -2.35. The molecule has 1 aromatic carbocycles. The minimum atomic E-state index is 0.222. The van der Waals surface area contributed by atoms with Gasteiger partial charge in [-0.25, -0.2) is 0 Å². The van der Waals surface area contributed by atoms with E-state index in [-0.39, 0.29) is 6.04 Å². The molecule has 0 saturated carbocycles. The van der Waals surface area contributed by atoms with E-state index in [0.717, 1.165) is 11.1 Å². The van der Waals surface area contributed by atoms with Gasteiger partial charge >= 0.3 is 0 Å². The molecule has 1 fully saturated rings. The number of thioether (sulfide) groups is 1. The van der Waals surface area contributed by atoms with Crippen LogP contribution < -0.4 is 5.32 Å². The summed E-state index contributed by atoms with van der Waals surface area (Å²) in [6.45, 7) is 4.13. The molecule has 0 amide bonds. The maximum atomic E-state index is 9.95. The van der Waals surface area contributed by atoms with Gasteiger partial charge < -0.3 is 10.4 Å². The second-order valence-electron chi connectivity index (χ2n) is 4.86. The second-order valence-corrected chi connectivity index (χ2v) is 6.01. The quantitative estimate of drug-likeness (QED) is 0.865. The Kier molecular flexibility index (Phi) is 4.35. The van der Waals surface area contributed by atoms with Gasteiger partial charge in [0.25, 0.3) is 0 Å². The predicted octanol–water partition coefficient (Wildman–Crippen LogP) is 3.25. The van der Waals surface area contributed by atoms with Crippen molar-refractivity contribution in [1.29, 1.82) is 0 Å². The monoisotopic (exact) mass is 251 g/mol. The van der Waals surface area contributed by atoms with E-state index < -0.39 is 0 Å². The van der Waals surface area contributed by atoms with Crippen molar-refractivity contribution in [2.75, 3.05) is 11.5 Å².